The van der Waals surface area contributed by atoms with Crippen molar-refractivity contribution in [3.05, 3.63) is 90.5 Å². The van der Waals surface area contributed by atoms with E-state index in [1.807, 2.05) is 42.6 Å². The summed E-state index contributed by atoms with van der Waals surface area (Å²) in [7, 11) is 0. The number of rotatable bonds is 6. The number of fused-ring (bicyclic) bond motifs is 1. The van der Waals surface area contributed by atoms with Crippen LogP contribution in [-0.4, -0.2) is 51.9 Å². The lowest BCUT2D eigenvalue weighted by molar-refractivity contribution is 0.358. The molecule has 4 heterocycles. The molecule has 0 unspecified atom stereocenters. The Morgan fingerprint density at radius 1 is 1.05 bits per heavy atom. The van der Waals surface area contributed by atoms with Gasteiger partial charge < -0.3 is 21.3 Å². The molecule has 1 saturated heterocycles. The molecule has 1 saturated carbocycles. The van der Waals surface area contributed by atoms with E-state index in [4.69, 9.17) is 10.7 Å². The summed E-state index contributed by atoms with van der Waals surface area (Å²) in [5, 5.41) is 8.96. The maximum atomic E-state index is 6.52. The molecule has 0 atom stereocenters. The maximum absolute atomic E-state index is 6.52. The summed E-state index contributed by atoms with van der Waals surface area (Å²) in [6.45, 7) is 7.85. The van der Waals surface area contributed by atoms with Gasteiger partial charge in [-0.1, -0.05) is 30.8 Å². The number of hydrogen-bond donors (Lipinski definition) is 3. The number of aromatic nitrogens is 3. The summed E-state index contributed by atoms with van der Waals surface area (Å²) in [6.07, 6.45) is 9.58. The highest BCUT2D eigenvalue weighted by molar-refractivity contribution is 6.07. The van der Waals surface area contributed by atoms with Gasteiger partial charge in [0, 0.05) is 61.3 Å². The average molecular weight is 491 g/mol. The lowest BCUT2D eigenvalue weighted by Crippen LogP contribution is -2.47. The van der Waals surface area contributed by atoms with E-state index >= 15 is 0 Å². The van der Waals surface area contributed by atoms with Crippen LogP contribution in [-0.2, 0) is 0 Å². The lowest BCUT2D eigenvalue weighted by atomic mass is 10.0. The van der Waals surface area contributed by atoms with Crippen molar-refractivity contribution in [3.8, 4) is 0 Å². The van der Waals surface area contributed by atoms with Gasteiger partial charge in [0.15, 0.2) is 0 Å². The Labute approximate surface area is 216 Å². The number of benzene rings is 1. The maximum Gasteiger partial charge on any atom is 0.139 e. The second kappa shape index (κ2) is 9.99. The van der Waals surface area contributed by atoms with Gasteiger partial charge >= 0.3 is 0 Å². The Bertz CT molecular complexity index is 1480. The quantitative estimate of drug-likeness (QED) is 0.269. The summed E-state index contributed by atoms with van der Waals surface area (Å²) >= 11 is 0. The molecule has 0 bridgehead atoms. The smallest absolute Gasteiger partial charge is 0.139 e. The molecule has 1 aliphatic carbocycles. The van der Waals surface area contributed by atoms with E-state index in [0.717, 1.165) is 72.6 Å². The molecule has 0 amide bonds. The Balaban J connectivity index is 1.35. The van der Waals surface area contributed by atoms with Crippen LogP contribution in [0.4, 0.5) is 17.3 Å². The van der Waals surface area contributed by atoms with E-state index in [2.05, 4.69) is 43.1 Å². The zero-order valence-corrected chi connectivity index (χ0v) is 20.7. The Morgan fingerprint density at radius 3 is 2.70 bits per heavy atom. The lowest BCUT2D eigenvalue weighted by Gasteiger charge is -2.32. The van der Waals surface area contributed by atoms with Crippen LogP contribution in [0.2, 0.25) is 0 Å². The average Bonchev–Trinajstić information content (AvgIpc) is 3.78. The number of nitrogens with two attached hydrogens (primary N) is 1. The fourth-order valence-electron chi connectivity index (χ4n) is 4.83. The van der Waals surface area contributed by atoms with Gasteiger partial charge in [-0.25, -0.2) is 15.0 Å². The molecule has 8 heteroatoms. The molecule has 8 nitrogen and oxygen atoms in total. The molecule has 1 aromatic carbocycles. The first-order valence-electron chi connectivity index (χ1n) is 12.7. The highest BCUT2D eigenvalue weighted by atomic mass is 15.2. The summed E-state index contributed by atoms with van der Waals surface area (Å²) in [4.78, 5) is 20.9. The summed E-state index contributed by atoms with van der Waals surface area (Å²) in [5.74, 6) is 2.81. The van der Waals surface area contributed by atoms with E-state index in [1.54, 1.807) is 18.6 Å². The largest absolute Gasteiger partial charge is 0.397 e. The molecule has 2 fully saturated rings. The number of nitrogens with one attached hydrogen (secondary N) is 2. The van der Waals surface area contributed by atoms with E-state index < -0.39 is 0 Å². The molecule has 0 spiro atoms. The number of pyridine rings is 3. The third kappa shape index (κ3) is 4.88. The molecule has 186 valence electrons. The topological polar surface area (TPSA) is 104 Å². The van der Waals surface area contributed by atoms with Crippen LogP contribution in [0.1, 0.15) is 35.4 Å². The normalized spacial score (nSPS) is 16.1. The van der Waals surface area contributed by atoms with Gasteiger partial charge in [0.05, 0.1) is 17.6 Å². The highest BCUT2D eigenvalue weighted by Gasteiger charge is 2.31. The predicted octanol–water partition coefficient (Wildman–Crippen LogP) is 4.55. The zero-order chi connectivity index (χ0) is 25.2. The molecule has 2 aliphatic rings. The van der Waals surface area contributed by atoms with E-state index in [1.165, 1.54) is 5.56 Å². The fourth-order valence-corrected chi connectivity index (χ4v) is 4.83. The van der Waals surface area contributed by atoms with Crippen LogP contribution >= 0.6 is 0 Å². The molecule has 37 heavy (non-hydrogen) atoms. The third-order valence-corrected chi connectivity index (χ3v) is 6.92. The first kappa shape index (κ1) is 23.1. The van der Waals surface area contributed by atoms with Crippen LogP contribution in [0.3, 0.4) is 0 Å². The van der Waals surface area contributed by atoms with Crippen LogP contribution in [0, 0.1) is 0 Å². The summed E-state index contributed by atoms with van der Waals surface area (Å²) in [5.41, 5.74) is 10.9. The van der Waals surface area contributed by atoms with E-state index in [0.29, 0.717) is 23.1 Å². The van der Waals surface area contributed by atoms with Crippen LogP contribution in [0.25, 0.3) is 16.5 Å². The van der Waals surface area contributed by atoms with Gasteiger partial charge in [0.1, 0.15) is 17.5 Å². The second-order valence-corrected chi connectivity index (χ2v) is 9.52. The van der Waals surface area contributed by atoms with Crippen molar-refractivity contribution in [1.29, 1.82) is 0 Å². The van der Waals surface area contributed by atoms with E-state index in [-0.39, 0.29) is 0 Å². The van der Waals surface area contributed by atoms with Crippen molar-refractivity contribution in [2.24, 2.45) is 4.99 Å². The van der Waals surface area contributed by atoms with Gasteiger partial charge in [-0.15, -0.1) is 0 Å². The second-order valence-electron chi connectivity index (χ2n) is 9.52. The highest BCUT2D eigenvalue weighted by Crippen LogP contribution is 2.43. The minimum Gasteiger partial charge on any atom is -0.397 e. The summed E-state index contributed by atoms with van der Waals surface area (Å²) in [6, 6.07) is 14.0. The Hall–Kier alpha value is -4.30. The van der Waals surface area contributed by atoms with Crippen molar-refractivity contribution >= 4 is 39.6 Å². The molecule has 1 aliphatic heterocycles. The van der Waals surface area contributed by atoms with Crippen molar-refractivity contribution in [2.45, 2.75) is 18.8 Å². The molecule has 0 radical (unpaired) electrons. The van der Waals surface area contributed by atoms with Crippen LogP contribution in [0.5, 0.6) is 0 Å². The number of amidine groups is 1. The molecule has 6 rings (SSSR count). The number of nitrogen functional groups attached to an aromatic ring is 1. The van der Waals surface area contributed by atoms with Gasteiger partial charge in [-0.05, 0) is 47.9 Å². The molecule has 4 N–H and O–H groups in total. The van der Waals surface area contributed by atoms with Crippen molar-refractivity contribution in [1.82, 2.24) is 25.2 Å². The van der Waals surface area contributed by atoms with Gasteiger partial charge in [0.2, 0.25) is 0 Å². The monoisotopic (exact) mass is 490 g/mol. The SMILES string of the molecule is C=C(N=C(c1c(N)cncc1C1CC1)N1CCNCC1)c1ccnc(Nc2nccc3ccccc23)c1. The molecule has 3 aromatic heterocycles. The number of hydrogen-bond acceptors (Lipinski definition) is 7. The Kier molecular flexibility index (Phi) is 6.24. The van der Waals surface area contributed by atoms with Gasteiger partial charge in [-0.3, -0.25) is 4.98 Å². The molecule has 4 aromatic rings. The van der Waals surface area contributed by atoms with Crippen molar-refractivity contribution in [2.75, 3.05) is 37.2 Å². The standard InChI is InChI=1S/C29H30N8/c1-19(22-9-10-33-26(16-22)36-28-23-5-3-2-4-20(23)8-11-34-28)35-29(37-14-12-31-13-15-37)27-24(21-6-7-21)17-32-18-25(27)30/h2-5,8-11,16-18,21,31H,1,6-7,12-15,30H2,(H,33,34,36). The third-order valence-electron chi connectivity index (χ3n) is 6.92. The zero-order valence-electron chi connectivity index (χ0n) is 20.7. The van der Waals surface area contributed by atoms with Crippen molar-refractivity contribution in [3.63, 3.8) is 0 Å². The Morgan fingerprint density at radius 2 is 1.86 bits per heavy atom. The van der Waals surface area contributed by atoms with Crippen LogP contribution in [0.15, 0.2) is 78.8 Å². The molecular weight excluding hydrogens is 460 g/mol. The fraction of sp³-hybridized carbons (Fsp3) is 0.241. The first-order chi connectivity index (χ1) is 18.2. The van der Waals surface area contributed by atoms with Crippen molar-refractivity contribution < 1.29 is 0 Å². The molecular formula is C29H30N8. The minimum absolute atomic E-state index is 0.498. The first-order valence-corrected chi connectivity index (χ1v) is 12.7. The number of nitrogens with zero attached hydrogens (tertiary/aromatic N) is 5. The number of piperazine rings is 1. The summed E-state index contributed by atoms with van der Waals surface area (Å²) < 4.78 is 0. The number of aliphatic imine (C=N–C) groups is 1. The van der Waals surface area contributed by atoms with Gasteiger partial charge in [0.25, 0.3) is 0 Å². The predicted molar refractivity (Wildman–Crippen MR) is 150 cm³/mol. The van der Waals surface area contributed by atoms with E-state index in [9.17, 15) is 0 Å². The van der Waals surface area contributed by atoms with Crippen LogP contribution < -0.4 is 16.4 Å². The van der Waals surface area contributed by atoms with Gasteiger partial charge in [-0.2, -0.15) is 0 Å². The minimum atomic E-state index is 0.498. The number of anilines is 3.